The number of nitrogens with one attached hydrogen (secondary N) is 1. The van der Waals surface area contributed by atoms with Crippen LogP contribution in [0.4, 0.5) is 0 Å². The molecule has 0 unspecified atom stereocenters. The average molecular weight is 221 g/mol. The largest absolute Gasteiger partial charge is 0.494 e. The first-order chi connectivity index (χ1) is 7.49. The molecule has 0 aliphatic heterocycles. The van der Waals surface area contributed by atoms with E-state index < -0.39 is 0 Å². The van der Waals surface area contributed by atoms with Crippen LogP contribution in [0, 0.1) is 0 Å². The third kappa shape index (κ3) is 3.24. The van der Waals surface area contributed by atoms with Gasteiger partial charge < -0.3 is 10.1 Å². The van der Waals surface area contributed by atoms with Crippen molar-refractivity contribution in [3.05, 3.63) is 29.3 Å². The van der Waals surface area contributed by atoms with Crippen LogP contribution in [0.2, 0.25) is 0 Å². The van der Waals surface area contributed by atoms with Gasteiger partial charge in [-0.15, -0.1) is 0 Å². The fourth-order valence-corrected chi connectivity index (χ4v) is 1.76. The molecule has 1 aromatic rings. The van der Waals surface area contributed by atoms with Crippen LogP contribution in [-0.2, 0) is 12.0 Å². The fourth-order valence-electron chi connectivity index (χ4n) is 1.76. The minimum Gasteiger partial charge on any atom is -0.494 e. The molecule has 0 spiro atoms. The molecule has 0 atom stereocenters. The Morgan fingerprint density at radius 3 is 2.44 bits per heavy atom. The molecule has 0 amide bonds. The quantitative estimate of drug-likeness (QED) is 0.843. The SMILES string of the molecule is CCOc1ccc(CNC)cc1C(C)(C)C. The molecule has 2 heteroatoms. The van der Waals surface area contributed by atoms with Crippen LogP contribution in [0.5, 0.6) is 5.75 Å². The van der Waals surface area contributed by atoms with E-state index >= 15 is 0 Å². The van der Waals surface area contributed by atoms with Gasteiger partial charge in [0.2, 0.25) is 0 Å². The van der Waals surface area contributed by atoms with Crippen LogP contribution in [0.3, 0.4) is 0 Å². The van der Waals surface area contributed by atoms with E-state index in [1.54, 1.807) is 0 Å². The van der Waals surface area contributed by atoms with Crippen LogP contribution in [0.15, 0.2) is 18.2 Å². The molecule has 1 aromatic carbocycles. The lowest BCUT2D eigenvalue weighted by Gasteiger charge is -2.23. The van der Waals surface area contributed by atoms with Gasteiger partial charge in [0.1, 0.15) is 5.75 Å². The van der Waals surface area contributed by atoms with Crippen LogP contribution in [0.1, 0.15) is 38.8 Å². The predicted octanol–water partition coefficient (Wildman–Crippen LogP) is 3.10. The van der Waals surface area contributed by atoms with Crippen molar-refractivity contribution in [2.45, 2.75) is 39.7 Å². The van der Waals surface area contributed by atoms with Crippen molar-refractivity contribution in [1.82, 2.24) is 5.32 Å². The Morgan fingerprint density at radius 1 is 1.25 bits per heavy atom. The lowest BCUT2D eigenvalue weighted by Crippen LogP contribution is -2.15. The molecule has 0 saturated heterocycles. The van der Waals surface area contributed by atoms with Gasteiger partial charge in [0.05, 0.1) is 6.61 Å². The highest BCUT2D eigenvalue weighted by molar-refractivity contribution is 5.41. The van der Waals surface area contributed by atoms with Crippen LogP contribution in [-0.4, -0.2) is 13.7 Å². The minimum atomic E-state index is 0.119. The molecule has 0 bridgehead atoms. The zero-order valence-electron chi connectivity index (χ0n) is 11.1. The molecule has 16 heavy (non-hydrogen) atoms. The number of hydrogen-bond acceptors (Lipinski definition) is 2. The van der Waals surface area contributed by atoms with Gasteiger partial charge >= 0.3 is 0 Å². The highest BCUT2D eigenvalue weighted by Gasteiger charge is 2.19. The molecule has 0 radical (unpaired) electrons. The summed E-state index contributed by atoms with van der Waals surface area (Å²) in [6, 6.07) is 6.44. The van der Waals surface area contributed by atoms with Gasteiger partial charge in [-0.1, -0.05) is 32.9 Å². The lowest BCUT2D eigenvalue weighted by atomic mass is 9.85. The third-order valence-electron chi connectivity index (χ3n) is 2.53. The van der Waals surface area contributed by atoms with Gasteiger partial charge in [0.25, 0.3) is 0 Å². The number of hydrogen-bond donors (Lipinski definition) is 1. The van der Waals surface area contributed by atoms with E-state index in [1.165, 1.54) is 11.1 Å². The first kappa shape index (κ1) is 13.0. The van der Waals surface area contributed by atoms with Crippen LogP contribution >= 0.6 is 0 Å². The molecule has 0 heterocycles. The van der Waals surface area contributed by atoms with Crippen molar-refractivity contribution in [3.63, 3.8) is 0 Å². The average Bonchev–Trinajstić information content (AvgIpc) is 2.19. The summed E-state index contributed by atoms with van der Waals surface area (Å²) in [5.41, 5.74) is 2.70. The van der Waals surface area contributed by atoms with E-state index in [4.69, 9.17) is 4.74 Å². The Hall–Kier alpha value is -1.02. The molecule has 2 nitrogen and oxygen atoms in total. The summed E-state index contributed by atoms with van der Waals surface area (Å²) in [4.78, 5) is 0. The second-order valence-corrected chi connectivity index (χ2v) is 5.04. The van der Waals surface area contributed by atoms with Crippen molar-refractivity contribution >= 4 is 0 Å². The number of ether oxygens (including phenoxy) is 1. The standard InChI is InChI=1S/C14H23NO/c1-6-16-13-8-7-11(10-15-5)9-12(13)14(2,3)4/h7-9,15H,6,10H2,1-5H3. The molecule has 90 valence electrons. The van der Waals surface area contributed by atoms with Gasteiger partial charge in [-0.2, -0.15) is 0 Å². The molecule has 0 fully saturated rings. The zero-order valence-corrected chi connectivity index (χ0v) is 11.1. The Morgan fingerprint density at radius 2 is 1.94 bits per heavy atom. The topological polar surface area (TPSA) is 21.3 Å². The van der Waals surface area contributed by atoms with Gasteiger partial charge in [-0.3, -0.25) is 0 Å². The molecule has 0 aliphatic carbocycles. The van der Waals surface area contributed by atoms with Crippen LogP contribution in [0.25, 0.3) is 0 Å². The molecular weight excluding hydrogens is 198 g/mol. The predicted molar refractivity (Wildman–Crippen MR) is 69.1 cm³/mol. The van der Waals surface area contributed by atoms with Crippen molar-refractivity contribution in [2.24, 2.45) is 0 Å². The molecule has 0 aliphatic rings. The summed E-state index contributed by atoms with van der Waals surface area (Å²) in [7, 11) is 1.97. The van der Waals surface area contributed by atoms with E-state index in [1.807, 2.05) is 14.0 Å². The molecule has 1 N–H and O–H groups in total. The first-order valence-electron chi connectivity index (χ1n) is 5.90. The summed E-state index contributed by atoms with van der Waals surface area (Å²) >= 11 is 0. The maximum Gasteiger partial charge on any atom is 0.123 e. The normalized spacial score (nSPS) is 11.6. The minimum absolute atomic E-state index is 0.119. The van der Waals surface area contributed by atoms with Gasteiger partial charge in [-0.25, -0.2) is 0 Å². The second-order valence-electron chi connectivity index (χ2n) is 5.04. The highest BCUT2D eigenvalue weighted by Crippen LogP contribution is 2.32. The Kier molecular flexibility index (Phi) is 4.36. The lowest BCUT2D eigenvalue weighted by molar-refractivity contribution is 0.329. The zero-order chi connectivity index (χ0) is 12.2. The van der Waals surface area contributed by atoms with E-state index in [-0.39, 0.29) is 5.41 Å². The molecular formula is C14H23NO. The Labute approximate surface area is 99.0 Å². The van der Waals surface area contributed by atoms with Crippen molar-refractivity contribution in [3.8, 4) is 5.75 Å². The van der Waals surface area contributed by atoms with Gasteiger partial charge in [-0.05, 0) is 36.6 Å². The summed E-state index contributed by atoms with van der Waals surface area (Å²) < 4.78 is 5.68. The summed E-state index contributed by atoms with van der Waals surface area (Å²) in [5.74, 6) is 1.01. The summed E-state index contributed by atoms with van der Waals surface area (Å²) in [5, 5.41) is 3.17. The molecule has 0 saturated carbocycles. The molecule has 1 rings (SSSR count). The van der Waals surface area contributed by atoms with E-state index in [9.17, 15) is 0 Å². The maximum atomic E-state index is 5.68. The monoisotopic (exact) mass is 221 g/mol. The van der Waals surface area contributed by atoms with E-state index in [2.05, 4.69) is 44.3 Å². The van der Waals surface area contributed by atoms with E-state index in [0.29, 0.717) is 6.61 Å². The van der Waals surface area contributed by atoms with E-state index in [0.717, 1.165) is 12.3 Å². The fraction of sp³-hybridized carbons (Fsp3) is 0.571. The summed E-state index contributed by atoms with van der Waals surface area (Å²) in [6.45, 7) is 10.3. The molecule has 0 aromatic heterocycles. The highest BCUT2D eigenvalue weighted by atomic mass is 16.5. The first-order valence-corrected chi connectivity index (χ1v) is 5.90. The van der Waals surface area contributed by atoms with Gasteiger partial charge in [0, 0.05) is 6.54 Å². The Balaban J connectivity index is 3.11. The second kappa shape index (κ2) is 5.35. The third-order valence-corrected chi connectivity index (χ3v) is 2.53. The maximum absolute atomic E-state index is 5.68. The summed E-state index contributed by atoms with van der Waals surface area (Å²) in [6.07, 6.45) is 0. The smallest absolute Gasteiger partial charge is 0.123 e. The Bertz CT molecular complexity index is 339. The number of benzene rings is 1. The number of rotatable bonds is 4. The van der Waals surface area contributed by atoms with Crippen molar-refractivity contribution < 1.29 is 4.74 Å². The van der Waals surface area contributed by atoms with Crippen molar-refractivity contribution in [1.29, 1.82) is 0 Å². The van der Waals surface area contributed by atoms with Crippen molar-refractivity contribution in [2.75, 3.05) is 13.7 Å². The van der Waals surface area contributed by atoms with Crippen LogP contribution < -0.4 is 10.1 Å². The van der Waals surface area contributed by atoms with Gasteiger partial charge in [0.15, 0.2) is 0 Å².